The van der Waals surface area contributed by atoms with Gasteiger partial charge in [0.25, 0.3) is 0 Å². The van der Waals surface area contributed by atoms with E-state index < -0.39 is 47.5 Å². The van der Waals surface area contributed by atoms with Crippen molar-refractivity contribution in [2.45, 2.75) is 69.8 Å². The lowest BCUT2D eigenvalue weighted by atomic mass is 9.77. The van der Waals surface area contributed by atoms with Crippen LogP contribution in [0.2, 0.25) is 0 Å². The predicted octanol–water partition coefficient (Wildman–Crippen LogP) is 7.16. The Labute approximate surface area is 358 Å². The van der Waals surface area contributed by atoms with Crippen LogP contribution in [0.4, 0.5) is 4.79 Å². The Morgan fingerprint density at radius 2 is 1.08 bits per heavy atom. The summed E-state index contributed by atoms with van der Waals surface area (Å²) < 4.78 is 10.2. The average Bonchev–Trinajstić information content (AvgIpc) is 3.29. The summed E-state index contributed by atoms with van der Waals surface area (Å²) in [5.74, 6) is -2.06. The van der Waals surface area contributed by atoms with E-state index in [1.54, 1.807) is 0 Å². The number of ether oxygens (including phenoxy) is 2. The minimum Gasteiger partial charge on any atom is -0.466 e. The summed E-state index contributed by atoms with van der Waals surface area (Å²) in [5, 5.41) is 11.8. The molecule has 0 heterocycles. The van der Waals surface area contributed by atoms with Crippen molar-refractivity contribution in [1.82, 2.24) is 21.3 Å². The Balaban J connectivity index is 1.37. The van der Waals surface area contributed by atoms with Gasteiger partial charge in [-0.2, -0.15) is 0 Å². The van der Waals surface area contributed by atoms with Gasteiger partial charge in [0, 0.05) is 25.0 Å². The van der Waals surface area contributed by atoms with Crippen molar-refractivity contribution in [2.75, 3.05) is 7.11 Å². The maximum Gasteiger partial charge on any atom is 0.408 e. The molecule has 0 unspecified atom stereocenters. The third-order valence-electron chi connectivity index (χ3n) is 10.1. The Kier molecular flexibility index (Phi) is 17.0. The van der Waals surface area contributed by atoms with Gasteiger partial charge in [0.2, 0.25) is 17.7 Å². The summed E-state index contributed by atoms with van der Waals surface area (Å²) >= 11 is 0. The minimum atomic E-state index is -1.10. The van der Waals surface area contributed by atoms with Gasteiger partial charge in [-0.15, -0.1) is 0 Å². The van der Waals surface area contributed by atoms with Crippen molar-refractivity contribution in [3.05, 3.63) is 192 Å². The van der Waals surface area contributed by atoms with E-state index in [1.807, 2.05) is 166 Å². The molecule has 11 nitrogen and oxygen atoms in total. The van der Waals surface area contributed by atoms with Crippen LogP contribution < -0.4 is 21.3 Å². The highest BCUT2D eigenvalue weighted by Gasteiger charge is 2.38. The molecule has 61 heavy (non-hydrogen) atoms. The number of alkyl carbamates (subject to hydrolysis) is 1. The first-order chi connectivity index (χ1) is 29.6. The van der Waals surface area contributed by atoms with Crippen LogP contribution in [0, 0.1) is 5.92 Å². The Morgan fingerprint density at radius 1 is 0.607 bits per heavy atom. The first-order valence-corrected chi connectivity index (χ1v) is 20.4. The van der Waals surface area contributed by atoms with Gasteiger partial charge in [-0.1, -0.05) is 172 Å². The molecule has 0 radical (unpaired) electrons. The molecule has 5 aromatic carbocycles. The highest BCUT2D eigenvalue weighted by Crippen LogP contribution is 2.37. The predicted molar refractivity (Wildman–Crippen MR) is 235 cm³/mol. The zero-order valence-electron chi connectivity index (χ0n) is 34.8. The van der Waals surface area contributed by atoms with Crippen LogP contribution in [0.1, 0.15) is 60.9 Å². The van der Waals surface area contributed by atoms with E-state index in [9.17, 15) is 24.0 Å². The lowest BCUT2D eigenvalue weighted by Crippen LogP contribution is -2.55. The monoisotopic (exact) mass is 822 g/mol. The molecule has 0 aromatic heterocycles. The van der Waals surface area contributed by atoms with Crippen molar-refractivity contribution in [1.29, 1.82) is 0 Å². The van der Waals surface area contributed by atoms with Crippen LogP contribution in [-0.4, -0.2) is 55.0 Å². The molecule has 0 aliphatic carbocycles. The molecular weight excluding hydrogens is 769 g/mol. The first-order valence-electron chi connectivity index (χ1n) is 20.4. The summed E-state index contributed by atoms with van der Waals surface area (Å²) in [6.07, 6.45) is 2.34. The normalized spacial score (nSPS) is 12.7. The fourth-order valence-corrected chi connectivity index (χ4v) is 7.04. The van der Waals surface area contributed by atoms with Gasteiger partial charge in [0.1, 0.15) is 24.2 Å². The number of carbonyl (C=O) groups excluding carboxylic acids is 5. The molecule has 11 heteroatoms. The zero-order chi connectivity index (χ0) is 43.5. The molecule has 316 valence electrons. The van der Waals surface area contributed by atoms with Gasteiger partial charge in [0.15, 0.2) is 0 Å². The number of nitrogens with one attached hydrogen (secondary N) is 4. The smallest absolute Gasteiger partial charge is 0.408 e. The summed E-state index contributed by atoms with van der Waals surface area (Å²) in [7, 11) is 1.24. The maximum atomic E-state index is 14.3. The minimum absolute atomic E-state index is 0.00923. The van der Waals surface area contributed by atoms with E-state index >= 15 is 0 Å². The molecule has 0 spiro atoms. The number of benzene rings is 5. The van der Waals surface area contributed by atoms with Gasteiger partial charge in [0.05, 0.1) is 7.11 Å². The molecule has 4 N–H and O–H groups in total. The average molecular weight is 823 g/mol. The molecule has 4 amide bonds. The van der Waals surface area contributed by atoms with Crippen molar-refractivity contribution in [3.8, 4) is 0 Å². The number of hydrogen-bond acceptors (Lipinski definition) is 7. The number of methoxy groups -OCH3 is 1. The zero-order valence-corrected chi connectivity index (χ0v) is 34.8. The molecular formula is C50H54N4O7. The highest BCUT2D eigenvalue weighted by molar-refractivity contribution is 5.92. The first kappa shape index (κ1) is 45.1. The lowest BCUT2D eigenvalue weighted by molar-refractivity contribution is -0.135. The van der Waals surface area contributed by atoms with Crippen molar-refractivity contribution in [2.24, 2.45) is 5.92 Å². The van der Waals surface area contributed by atoms with E-state index in [1.165, 1.54) is 19.3 Å². The Bertz CT molecular complexity index is 2090. The van der Waals surface area contributed by atoms with E-state index in [2.05, 4.69) is 21.3 Å². The SMILES string of the molecule is COC(=O)/C=C\[C@H](CCC(=O)NC(c1ccccc1)(c1ccccc1)c1ccccc1)NC(=O)[C@H](Cc1ccccc1)NC(=O)[C@H](CC(C)C)NC(=O)OCc1ccccc1. The van der Waals surface area contributed by atoms with Crippen LogP contribution in [0.3, 0.4) is 0 Å². The quantitative estimate of drug-likeness (QED) is 0.0370. The fourth-order valence-electron chi connectivity index (χ4n) is 7.04. The fraction of sp³-hybridized carbons (Fsp3) is 0.260. The van der Waals surface area contributed by atoms with Crippen molar-refractivity contribution < 1.29 is 33.4 Å². The van der Waals surface area contributed by atoms with Gasteiger partial charge < -0.3 is 30.7 Å². The Hall–Kier alpha value is -7.01. The van der Waals surface area contributed by atoms with Crippen LogP contribution in [-0.2, 0) is 47.2 Å². The molecule has 0 fully saturated rings. The standard InChI is InChI=1S/C50H54N4O7/c1-36(2)33-43(53-49(59)61-35-38-21-11-5-12-22-38)48(58)52-44(34-37-19-9-4-10-20-37)47(57)51-42(30-32-46(56)60-3)29-31-45(55)54-50(39-23-13-6-14-24-39,40-25-15-7-16-26-40)41-27-17-8-18-28-41/h4-28,30,32,36,42-44H,29,31,33-35H2,1-3H3,(H,51,57)(H,52,58)(H,53,59)(H,54,55)/b32-30-/t42-,43-,44-/m0/s1. The van der Waals surface area contributed by atoms with Crippen LogP contribution in [0.5, 0.6) is 0 Å². The second kappa shape index (κ2) is 23.0. The highest BCUT2D eigenvalue weighted by atomic mass is 16.5. The third kappa shape index (κ3) is 13.5. The molecule has 0 saturated carbocycles. The molecule has 0 bridgehead atoms. The van der Waals surface area contributed by atoms with Gasteiger partial charge in [-0.05, 0) is 46.6 Å². The van der Waals surface area contributed by atoms with Crippen molar-refractivity contribution >= 4 is 29.8 Å². The maximum absolute atomic E-state index is 14.3. The topological polar surface area (TPSA) is 152 Å². The largest absolute Gasteiger partial charge is 0.466 e. The number of carbonyl (C=O) groups is 5. The molecule has 0 saturated heterocycles. The van der Waals surface area contributed by atoms with E-state index in [0.717, 1.165) is 27.8 Å². The second-order valence-corrected chi connectivity index (χ2v) is 15.1. The summed E-state index contributed by atoms with van der Waals surface area (Å²) in [6.45, 7) is 3.86. The number of amides is 4. The number of rotatable bonds is 20. The Morgan fingerprint density at radius 3 is 1.57 bits per heavy atom. The van der Waals surface area contributed by atoms with Gasteiger partial charge >= 0.3 is 12.1 Å². The summed E-state index contributed by atoms with van der Waals surface area (Å²) in [5.41, 5.74) is 3.07. The third-order valence-corrected chi connectivity index (χ3v) is 10.1. The summed E-state index contributed by atoms with van der Waals surface area (Å²) in [6, 6.07) is 44.6. The molecule has 3 atom stereocenters. The second-order valence-electron chi connectivity index (χ2n) is 15.1. The van der Waals surface area contributed by atoms with Crippen LogP contribution >= 0.6 is 0 Å². The number of hydrogen-bond donors (Lipinski definition) is 4. The van der Waals surface area contributed by atoms with Crippen LogP contribution in [0.15, 0.2) is 164 Å². The number of esters is 1. The van der Waals surface area contributed by atoms with E-state index in [-0.39, 0.29) is 44.1 Å². The molecule has 0 aliphatic heterocycles. The van der Waals surface area contributed by atoms with Gasteiger partial charge in [-0.25, -0.2) is 9.59 Å². The van der Waals surface area contributed by atoms with Crippen LogP contribution in [0.25, 0.3) is 0 Å². The molecule has 5 aromatic rings. The molecule has 5 rings (SSSR count). The van der Waals surface area contributed by atoms with Gasteiger partial charge in [-0.3, -0.25) is 14.4 Å². The van der Waals surface area contributed by atoms with Crippen molar-refractivity contribution in [3.63, 3.8) is 0 Å². The summed E-state index contributed by atoms with van der Waals surface area (Å²) in [4.78, 5) is 67.6. The molecule has 0 aliphatic rings. The van der Waals surface area contributed by atoms with E-state index in [4.69, 9.17) is 9.47 Å². The van der Waals surface area contributed by atoms with E-state index in [0.29, 0.717) is 0 Å². The lowest BCUT2D eigenvalue weighted by Gasteiger charge is -2.37.